The van der Waals surface area contributed by atoms with Gasteiger partial charge >= 0.3 is 5.97 Å². The fraction of sp³-hybridized carbons (Fsp3) is 0.300. The monoisotopic (exact) mass is 401 g/mol. The number of carbonyl (C=O) groups is 2. The highest BCUT2D eigenvalue weighted by molar-refractivity contribution is 6.00. The number of non-ortho nitro benzene ring substituents is 1. The largest absolute Gasteiger partial charge is 0.452 e. The first-order chi connectivity index (χ1) is 13.8. The van der Waals surface area contributed by atoms with Gasteiger partial charge in [-0.2, -0.15) is 0 Å². The van der Waals surface area contributed by atoms with Gasteiger partial charge in [0.2, 0.25) is 0 Å². The number of amides is 1. The molecule has 0 aliphatic heterocycles. The number of rotatable bonds is 9. The Morgan fingerprint density at radius 1 is 1.21 bits per heavy atom. The van der Waals surface area contributed by atoms with Gasteiger partial charge in [-0.1, -0.05) is 18.2 Å². The average Bonchev–Trinajstić information content (AvgIpc) is 2.70. The summed E-state index contributed by atoms with van der Waals surface area (Å²) in [6, 6.07) is 12.5. The molecule has 0 atom stereocenters. The van der Waals surface area contributed by atoms with Gasteiger partial charge in [0.05, 0.1) is 17.1 Å². The SMILES string of the molecule is CC(C)N(C(=O)COC(=O)c1cc([N+](=O)[O-])ccc1NCCO)c1ccccc1. The number of nitro groups is 1. The van der Waals surface area contributed by atoms with Crippen LogP contribution in [0, 0.1) is 10.1 Å². The van der Waals surface area contributed by atoms with Crippen LogP contribution in [0.3, 0.4) is 0 Å². The summed E-state index contributed by atoms with van der Waals surface area (Å²) in [6.07, 6.45) is 0. The molecule has 0 aromatic heterocycles. The van der Waals surface area contributed by atoms with E-state index in [0.717, 1.165) is 6.07 Å². The molecule has 9 nitrogen and oxygen atoms in total. The standard InChI is InChI=1S/C20H23N3O6/c1-14(2)22(15-6-4-3-5-7-15)19(25)13-29-20(26)17-12-16(23(27)28)8-9-18(17)21-10-11-24/h3-9,12,14,21,24H,10-11,13H2,1-2H3. The van der Waals surface area contributed by atoms with E-state index in [2.05, 4.69) is 5.32 Å². The number of aliphatic hydroxyl groups excluding tert-OH is 1. The van der Waals surface area contributed by atoms with Crippen LogP contribution in [0.1, 0.15) is 24.2 Å². The van der Waals surface area contributed by atoms with Crippen LogP contribution in [0.25, 0.3) is 0 Å². The first-order valence-electron chi connectivity index (χ1n) is 9.02. The number of benzene rings is 2. The summed E-state index contributed by atoms with van der Waals surface area (Å²) in [5.74, 6) is -1.30. The van der Waals surface area contributed by atoms with Crippen molar-refractivity contribution in [3.63, 3.8) is 0 Å². The predicted octanol–water partition coefficient (Wildman–Crippen LogP) is 2.60. The van der Waals surface area contributed by atoms with Gasteiger partial charge in [0.1, 0.15) is 0 Å². The third-order valence-corrected chi connectivity index (χ3v) is 4.01. The van der Waals surface area contributed by atoms with Crippen molar-refractivity contribution in [1.29, 1.82) is 0 Å². The number of hydrogen-bond donors (Lipinski definition) is 2. The molecule has 2 aromatic carbocycles. The van der Waals surface area contributed by atoms with E-state index in [4.69, 9.17) is 9.84 Å². The number of nitro benzene ring substituents is 1. The fourth-order valence-electron chi connectivity index (χ4n) is 2.75. The summed E-state index contributed by atoms with van der Waals surface area (Å²) in [6.45, 7) is 3.11. The lowest BCUT2D eigenvalue weighted by Crippen LogP contribution is -2.39. The number of nitrogens with zero attached hydrogens (tertiary/aromatic N) is 2. The summed E-state index contributed by atoms with van der Waals surface area (Å²) in [7, 11) is 0. The molecule has 1 amide bonds. The highest BCUT2D eigenvalue weighted by Crippen LogP contribution is 2.23. The van der Waals surface area contributed by atoms with E-state index in [1.165, 1.54) is 17.0 Å². The molecule has 2 aromatic rings. The molecule has 0 bridgehead atoms. The highest BCUT2D eigenvalue weighted by Gasteiger charge is 2.23. The zero-order valence-electron chi connectivity index (χ0n) is 16.2. The maximum absolute atomic E-state index is 12.6. The average molecular weight is 401 g/mol. The lowest BCUT2D eigenvalue weighted by atomic mass is 10.1. The van der Waals surface area contributed by atoms with Gasteiger partial charge in [-0.05, 0) is 32.0 Å². The lowest BCUT2D eigenvalue weighted by Gasteiger charge is -2.26. The van der Waals surface area contributed by atoms with Gasteiger partial charge < -0.3 is 20.1 Å². The van der Waals surface area contributed by atoms with E-state index in [0.29, 0.717) is 5.69 Å². The molecular formula is C20H23N3O6. The first kappa shape index (κ1) is 21.8. The molecule has 2 rings (SSSR count). The van der Waals surface area contributed by atoms with Gasteiger partial charge in [0.15, 0.2) is 6.61 Å². The molecular weight excluding hydrogens is 378 g/mol. The number of aliphatic hydroxyl groups is 1. The Morgan fingerprint density at radius 3 is 2.48 bits per heavy atom. The second-order valence-electron chi connectivity index (χ2n) is 6.41. The fourth-order valence-corrected chi connectivity index (χ4v) is 2.75. The molecule has 0 saturated carbocycles. The van der Waals surface area contributed by atoms with Crippen LogP contribution >= 0.6 is 0 Å². The number of carbonyl (C=O) groups excluding carboxylic acids is 2. The Balaban J connectivity index is 2.17. The first-order valence-corrected chi connectivity index (χ1v) is 9.02. The number of esters is 1. The van der Waals surface area contributed by atoms with Crippen molar-refractivity contribution in [3.8, 4) is 0 Å². The van der Waals surface area contributed by atoms with Gasteiger partial charge in [0.25, 0.3) is 11.6 Å². The lowest BCUT2D eigenvalue weighted by molar-refractivity contribution is -0.384. The van der Waals surface area contributed by atoms with Crippen molar-refractivity contribution in [2.24, 2.45) is 0 Å². The Hall–Kier alpha value is -3.46. The number of hydrogen-bond acceptors (Lipinski definition) is 7. The smallest absolute Gasteiger partial charge is 0.341 e. The molecule has 0 spiro atoms. The highest BCUT2D eigenvalue weighted by atomic mass is 16.6. The summed E-state index contributed by atoms with van der Waals surface area (Å²) < 4.78 is 5.14. The summed E-state index contributed by atoms with van der Waals surface area (Å²) >= 11 is 0. The Labute approximate surface area is 168 Å². The van der Waals surface area contributed by atoms with E-state index >= 15 is 0 Å². The van der Waals surface area contributed by atoms with Crippen molar-refractivity contribution in [1.82, 2.24) is 0 Å². The van der Waals surface area contributed by atoms with Crippen LogP contribution in [0.4, 0.5) is 17.1 Å². The van der Waals surface area contributed by atoms with E-state index in [-0.39, 0.29) is 36.1 Å². The molecule has 0 fully saturated rings. The minimum atomic E-state index is -0.876. The van der Waals surface area contributed by atoms with Crippen LogP contribution < -0.4 is 10.2 Å². The van der Waals surface area contributed by atoms with Crippen molar-refractivity contribution < 1.29 is 24.4 Å². The minimum absolute atomic E-state index is 0.0868. The summed E-state index contributed by atoms with van der Waals surface area (Å²) in [4.78, 5) is 37.1. The van der Waals surface area contributed by atoms with E-state index in [9.17, 15) is 19.7 Å². The van der Waals surface area contributed by atoms with Gasteiger partial charge in [-0.15, -0.1) is 0 Å². The molecule has 0 aliphatic rings. The van der Waals surface area contributed by atoms with Gasteiger partial charge in [-0.25, -0.2) is 4.79 Å². The topological polar surface area (TPSA) is 122 Å². The summed E-state index contributed by atoms with van der Waals surface area (Å²) in [5, 5.41) is 22.8. The summed E-state index contributed by atoms with van der Waals surface area (Å²) in [5.41, 5.74) is 0.567. The molecule has 154 valence electrons. The molecule has 0 heterocycles. The van der Waals surface area contributed by atoms with Crippen LogP contribution in [0.5, 0.6) is 0 Å². The van der Waals surface area contributed by atoms with Crippen LogP contribution in [-0.2, 0) is 9.53 Å². The predicted molar refractivity (Wildman–Crippen MR) is 108 cm³/mol. The van der Waals surface area contributed by atoms with Crippen molar-refractivity contribution in [2.75, 3.05) is 30.0 Å². The number of anilines is 2. The van der Waals surface area contributed by atoms with Crippen molar-refractivity contribution >= 4 is 28.9 Å². The van der Waals surface area contributed by atoms with Crippen LogP contribution in [0.15, 0.2) is 48.5 Å². The van der Waals surface area contributed by atoms with Crippen molar-refractivity contribution in [2.45, 2.75) is 19.9 Å². The quantitative estimate of drug-likeness (QED) is 0.376. The Morgan fingerprint density at radius 2 is 1.90 bits per heavy atom. The molecule has 0 unspecified atom stereocenters. The third-order valence-electron chi connectivity index (χ3n) is 4.01. The second kappa shape index (κ2) is 10.2. The molecule has 29 heavy (non-hydrogen) atoms. The molecule has 0 saturated heterocycles. The number of nitrogens with one attached hydrogen (secondary N) is 1. The molecule has 0 aliphatic carbocycles. The van der Waals surface area contributed by atoms with E-state index in [1.54, 1.807) is 24.3 Å². The molecule has 0 radical (unpaired) electrons. The van der Waals surface area contributed by atoms with Crippen LogP contribution in [0.2, 0.25) is 0 Å². The molecule has 9 heteroatoms. The zero-order valence-corrected chi connectivity index (χ0v) is 16.2. The van der Waals surface area contributed by atoms with E-state index in [1.807, 2.05) is 19.9 Å². The number of ether oxygens (including phenoxy) is 1. The second-order valence-corrected chi connectivity index (χ2v) is 6.41. The normalized spacial score (nSPS) is 10.5. The van der Waals surface area contributed by atoms with E-state index < -0.39 is 23.4 Å². The van der Waals surface area contributed by atoms with Gasteiger partial charge in [-0.3, -0.25) is 14.9 Å². The number of para-hydroxylation sites is 1. The maximum atomic E-state index is 12.6. The maximum Gasteiger partial charge on any atom is 0.341 e. The third kappa shape index (κ3) is 5.76. The minimum Gasteiger partial charge on any atom is -0.452 e. The molecule has 2 N–H and O–H groups in total. The van der Waals surface area contributed by atoms with Crippen LogP contribution in [-0.4, -0.2) is 47.7 Å². The Bertz CT molecular complexity index is 870. The zero-order chi connectivity index (χ0) is 21.4. The van der Waals surface area contributed by atoms with Crippen molar-refractivity contribution in [3.05, 3.63) is 64.2 Å². The Kier molecular flexibility index (Phi) is 7.67. The van der Waals surface area contributed by atoms with Gasteiger partial charge in [0, 0.05) is 36.1 Å².